The molecule has 12 aromatic rings. The van der Waals surface area contributed by atoms with Gasteiger partial charge in [0, 0.05) is 126 Å². The summed E-state index contributed by atoms with van der Waals surface area (Å²) in [7, 11) is 6.35. The van der Waals surface area contributed by atoms with Crippen molar-refractivity contribution in [2.24, 2.45) is 0 Å². The van der Waals surface area contributed by atoms with Crippen molar-refractivity contribution in [1.29, 1.82) is 10.5 Å². The molecule has 8 N–H and O–H groups in total. The number of ether oxygens (including phenoxy) is 8. The Labute approximate surface area is 693 Å². The highest BCUT2D eigenvalue weighted by Crippen LogP contribution is 2.45. The van der Waals surface area contributed by atoms with Gasteiger partial charge >= 0.3 is 0 Å². The molecule has 4 saturated heterocycles. The van der Waals surface area contributed by atoms with Gasteiger partial charge in [0.15, 0.2) is 46.0 Å². The zero-order chi connectivity index (χ0) is 82.9. The van der Waals surface area contributed by atoms with Crippen LogP contribution in [0.25, 0.3) is 0 Å². The monoisotopic (exact) mass is 1610 g/mol. The largest absolute Gasteiger partial charge is 0.493 e. The van der Waals surface area contributed by atoms with E-state index in [0.29, 0.717) is 165 Å². The summed E-state index contributed by atoms with van der Waals surface area (Å²) in [6.45, 7) is 2.31. The Morgan fingerprint density at radius 2 is 0.627 bits per heavy atom. The molecule has 4 atom stereocenters. The van der Waals surface area contributed by atoms with Crippen molar-refractivity contribution >= 4 is 92.3 Å². The zero-order valence-corrected chi connectivity index (χ0v) is 66.5. The first kappa shape index (κ1) is 81.7. The number of halogens is 2. The Bertz CT molecular complexity index is 5760. The minimum atomic E-state index is 0.0256. The van der Waals surface area contributed by atoms with Crippen LogP contribution in [0.15, 0.2) is 267 Å². The lowest BCUT2D eigenvalue weighted by Crippen LogP contribution is -2.24. The highest BCUT2D eigenvalue weighted by Gasteiger charge is 2.37. The predicted molar refractivity (Wildman–Crippen MR) is 460 cm³/mol. The number of para-hydroxylation sites is 1. The molecule has 0 saturated carbocycles. The molecule has 0 aliphatic carbocycles. The average molecular weight is 1620 g/mol. The molecule has 4 aliphatic rings. The van der Waals surface area contributed by atoms with E-state index in [4.69, 9.17) is 94.6 Å². The SMILES string of the molecule is COc1ccc(C2CC(=O)N(c3cccc(N)c3)C2)cc1Oc1ccc(C#N)cc1.COc1ccc(C2CC(=O)N(c3cccc(N)c3)C2)cc1Oc1cccc(C#N)c1.COc1ccc(C2CC(=O)N(c3cccc(N)c3)C2)cc1Oc1cccc(Cl)c1.COc1ccc(C2CC(=O)N(c3cccc(N)c3)C2)cc1Oc1ccccc1Cl. The number of rotatable bonds is 20. The van der Waals surface area contributed by atoms with Gasteiger partial charge in [-0.2, -0.15) is 10.5 Å². The van der Waals surface area contributed by atoms with Crippen molar-refractivity contribution in [3.63, 3.8) is 0 Å². The minimum absolute atomic E-state index is 0.0256. The summed E-state index contributed by atoms with van der Waals surface area (Å²) in [5.74, 6) is 7.41. The first-order chi connectivity index (χ1) is 57.2. The van der Waals surface area contributed by atoms with Crippen LogP contribution < -0.4 is 80.4 Å². The standard InChI is InChI=1S/2C24H21N3O3.2C23H21ClN2O3/c1-29-22-9-8-17(11-23(22)30-21-7-2-4-16(10-21)14-25)18-12-24(28)27(15-18)20-6-3-5-19(26)13-20;1-29-22-10-7-17(11-23(22)30-21-8-5-16(14-25)6-9-21)18-12-24(28)27(15-18)20-4-2-3-19(26)13-20;1-28-21-9-8-15(10-22(21)29-20-7-2-4-17(24)12-20)16-11-23(27)26(14-16)19-6-3-5-18(25)13-19;1-28-21-10-9-15(11-22(21)29-20-8-3-2-7-19(20)24)16-12-23(27)26(14-16)18-6-4-5-17(25)13-18/h2*2-11,13,18H,12,15,26H2,1H3;2-10,12-13,16H,11,14,25H2,1H3;2-11,13,16H,12,14,25H2,1H3. The second-order valence-corrected chi connectivity index (χ2v) is 29.1. The third-order valence-electron chi connectivity index (χ3n) is 20.3. The van der Waals surface area contributed by atoms with E-state index >= 15 is 0 Å². The van der Waals surface area contributed by atoms with Crippen LogP contribution >= 0.6 is 23.2 Å². The quantitative estimate of drug-likeness (QED) is 0.0515. The Balaban J connectivity index is 0.000000136. The van der Waals surface area contributed by atoms with E-state index in [1.165, 1.54) is 0 Å². The number of anilines is 8. The molecule has 16 rings (SSSR count). The summed E-state index contributed by atoms with van der Waals surface area (Å²) in [6.07, 6.45) is 1.67. The van der Waals surface area contributed by atoms with E-state index in [-0.39, 0.29) is 47.3 Å². The lowest BCUT2D eigenvalue weighted by Gasteiger charge is -2.18. The fourth-order valence-corrected chi connectivity index (χ4v) is 14.7. The minimum Gasteiger partial charge on any atom is -0.493 e. The Morgan fingerprint density at radius 3 is 0.958 bits per heavy atom. The summed E-state index contributed by atoms with van der Waals surface area (Å²) in [5, 5.41) is 19.2. The zero-order valence-electron chi connectivity index (χ0n) is 65.0. The fraction of sp³-hybridized carbons (Fsp3) is 0.170. The second kappa shape index (κ2) is 37.8. The molecule has 4 heterocycles. The first-order valence-corrected chi connectivity index (χ1v) is 38.6. The number of hydrogen-bond acceptors (Lipinski definition) is 18. The summed E-state index contributed by atoms with van der Waals surface area (Å²) < 4.78 is 45.8. The van der Waals surface area contributed by atoms with Crippen molar-refractivity contribution in [3.8, 4) is 81.1 Å². The van der Waals surface area contributed by atoms with Gasteiger partial charge in [-0.25, -0.2) is 0 Å². The van der Waals surface area contributed by atoms with Gasteiger partial charge in [0.2, 0.25) is 23.6 Å². The summed E-state index contributed by atoms with van der Waals surface area (Å²) >= 11 is 12.3. The molecule has 4 fully saturated rings. The van der Waals surface area contributed by atoms with Crippen LogP contribution in [0.3, 0.4) is 0 Å². The normalized spacial score (nSPS) is 15.9. The first-order valence-electron chi connectivity index (χ1n) is 37.8. The van der Waals surface area contributed by atoms with Crippen molar-refractivity contribution in [3.05, 3.63) is 310 Å². The molecule has 4 amide bonds. The highest BCUT2D eigenvalue weighted by atomic mass is 35.5. The van der Waals surface area contributed by atoms with Crippen LogP contribution in [0.1, 0.15) is 82.7 Å². The van der Waals surface area contributed by atoms with Gasteiger partial charge in [-0.05, 0) is 216 Å². The maximum absolute atomic E-state index is 12.6. The number of amides is 4. The molecule has 24 heteroatoms. The number of nitrogen functional groups attached to an aromatic ring is 4. The molecule has 0 bridgehead atoms. The van der Waals surface area contributed by atoms with Gasteiger partial charge < -0.3 is 80.4 Å². The number of benzene rings is 12. The number of methoxy groups -OCH3 is 4. The van der Waals surface area contributed by atoms with Crippen molar-refractivity contribution < 1.29 is 57.1 Å². The third kappa shape index (κ3) is 20.1. The Kier molecular flexibility index (Phi) is 26.1. The lowest BCUT2D eigenvalue weighted by atomic mass is 9.98. The van der Waals surface area contributed by atoms with Crippen LogP contribution in [-0.2, 0) is 19.2 Å². The number of nitrogens with zero attached hydrogens (tertiary/aromatic N) is 6. The summed E-state index contributed by atoms with van der Waals surface area (Å²) in [4.78, 5) is 57.6. The van der Waals surface area contributed by atoms with Gasteiger partial charge in [0.25, 0.3) is 0 Å². The van der Waals surface area contributed by atoms with Crippen LogP contribution in [0.5, 0.6) is 69.0 Å². The van der Waals surface area contributed by atoms with Gasteiger partial charge in [-0.1, -0.05) is 96.0 Å². The van der Waals surface area contributed by atoms with E-state index in [9.17, 15) is 19.2 Å². The molecule has 0 radical (unpaired) electrons. The molecular formula is C94H84Cl2N10O12. The van der Waals surface area contributed by atoms with Crippen molar-refractivity contribution in [1.82, 2.24) is 0 Å². The highest BCUT2D eigenvalue weighted by molar-refractivity contribution is 6.32. The number of carbonyl (C=O) groups is 4. The topological polar surface area (TPSA) is 307 Å². The molecule has 596 valence electrons. The van der Waals surface area contributed by atoms with Gasteiger partial charge in [-0.15, -0.1) is 0 Å². The number of nitriles is 2. The third-order valence-corrected chi connectivity index (χ3v) is 20.9. The number of hydrogen-bond donors (Lipinski definition) is 4. The predicted octanol–water partition coefficient (Wildman–Crippen LogP) is 19.4. The molecule has 0 spiro atoms. The van der Waals surface area contributed by atoms with Gasteiger partial charge in [-0.3, -0.25) is 19.2 Å². The van der Waals surface area contributed by atoms with E-state index in [1.54, 1.807) is 133 Å². The number of nitrogens with two attached hydrogens (primary N) is 4. The average Bonchev–Trinajstić information content (AvgIpc) is 1.63. The number of carbonyl (C=O) groups excluding carboxylic acids is 4. The molecule has 0 aromatic heterocycles. The molecule has 118 heavy (non-hydrogen) atoms. The Hall–Kier alpha value is -14.3. The molecular weight excluding hydrogens is 1530 g/mol. The fourth-order valence-electron chi connectivity index (χ4n) is 14.4. The lowest BCUT2D eigenvalue weighted by molar-refractivity contribution is -0.118. The van der Waals surface area contributed by atoms with Gasteiger partial charge in [0.1, 0.15) is 23.0 Å². The van der Waals surface area contributed by atoms with Crippen molar-refractivity contribution in [2.75, 3.05) is 97.2 Å². The molecule has 22 nitrogen and oxygen atoms in total. The second-order valence-electron chi connectivity index (χ2n) is 28.2. The van der Waals surface area contributed by atoms with Crippen LogP contribution in [-0.4, -0.2) is 78.2 Å². The molecule has 12 aromatic carbocycles. The van der Waals surface area contributed by atoms with E-state index in [2.05, 4.69) is 12.1 Å². The van der Waals surface area contributed by atoms with Gasteiger partial charge in [0.05, 0.1) is 56.7 Å². The molecule has 4 aliphatic heterocycles. The smallest absolute Gasteiger partial charge is 0.227 e. The van der Waals surface area contributed by atoms with E-state index in [1.807, 2.05) is 182 Å². The van der Waals surface area contributed by atoms with E-state index in [0.717, 1.165) is 45.0 Å². The van der Waals surface area contributed by atoms with E-state index < -0.39 is 0 Å². The molecule has 4 unspecified atom stereocenters. The maximum Gasteiger partial charge on any atom is 0.227 e. The summed E-state index contributed by atoms with van der Waals surface area (Å²) in [6, 6.07) is 84.9. The Morgan fingerprint density at radius 1 is 0.305 bits per heavy atom. The van der Waals surface area contributed by atoms with Crippen LogP contribution in [0, 0.1) is 22.7 Å². The summed E-state index contributed by atoms with van der Waals surface area (Å²) in [5.41, 5.74) is 34.4. The van der Waals surface area contributed by atoms with Crippen LogP contribution in [0.4, 0.5) is 45.5 Å². The van der Waals surface area contributed by atoms with Crippen LogP contribution in [0.2, 0.25) is 10.0 Å². The maximum atomic E-state index is 12.6. The van der Waals surface area contributed by atoms with Crippen molar-refractivity contribution in [2.45, 2.75) is 49.4 Å².